The number of rotatable bonds is 17. The molecule has 10 N–H and O–H groups in total. The van der Waals surface area contributed by atoms with Crippen LogP contribution in [0.3, 0.4) is 0 Å². The summed E-state index contributed by atoms with van der Waals surface area (Å²) in [6, 6.07) is -6.41. The van der Waals surface area contributed by atoms with Crippen LogP contribution in [-0.4, -0.2) is 112 Å². The van der Waals surface area contributed by atoms with Crippen LogP contribution in [0.4, 0.5) is 0 Å². The largest absolute Gasteiger partial charge is 0.481 e. The van der Waals surface area contributed by atoms with Crippen LogP contribution in [0.25, 0.3) is 0 Å². The van der Waals surface area contributed by atoms with Crippen molar-refractivity contribution in [3.05, 3.63) is 0 Å². The molecular formula is C20H34N6O10S. The zero-order valence-corrected chi connectivity index (χ0v) is 21.4. The van der Waals surface area contributed by atoms with Crippen molar-refractivity contribution < 1.29 is 48.9 Å². The molecule has 0 aromatic carbocycles. The zero-order chi connectivity index (χ0) is 28.7. The smallest absolute Gasteiger partial charge is 0.326 e. The van der Waals surface area contributed by atoms with Crippen molar-refractivity contribution in [2.75, 3.05) is 25.2 Å². The predicted octanol–water partition coefficient (Wildman–Crippen LogP) is -4.29. The first-order valence-corrected chi connectivity index (χ1v) is 12.4. The Morgan fingerprint density at radius 1 is 0.811 bits per heavy atom. The number of carboxylic acids is 2. The lowest BCUT2D eigenvalue weighted by atomic mass is 10.1. The average molecular weight is 551 g/mol. The van der Waals surface area contributed by atoms with Gasteiger partial charge >= 0.3 is 11.9 Å². The zero-order valence-electron chi connectivity index (χ0n) is 20.6. The van der Waals surface area contributed by atoms with Crippen LogP contribution in [-0.2, 0) is 33.6 Å². The highest BCUT2D eigenvalue weighted by atomic mass is 32.2. The van der Waals surface area contributed by atoms with E-state index in [4.69, 9.17) is 21.1 Å². The molecule has 0 heterocycles. The molecule has 0 aromatic rings. The molecular weight excluding hydrogens is 516 g/mol. The van der Waals surface area contributed by atoms with E-state index in [0.29, 0.717) is 5.75 Å². The third-order valence-electron chi connectivity index (χ3n) is 4.72. The molecule has 0 saturated heterocycles. The molecule has 0 spiro atoms. The molecule has 0 radical (unpaired) electrons. The standard InChI is InChI=1S/C20H34N6O10S/c1-9(23-14(28)7-22-18(33)11(21)8-27)16(31)25-12(4-5-37-3)19(34)24-10(2)17(32)26-13(20(35)36)6-15(29)30/h9-13,27H,4-8,21H2,1-3H3,(H,22,33)(H,23,28)(H,24,34)(H,25,31)(H,26,32)(H,29,30)(H,35,36)/t9-,10-,11-,12-,13-/m0/s1. The van der Waals surface area contributed by atoms with Gasteiger partial charge in [0.05, 0.1) is 19.6 Å². The number of aliphatic carboxylic acids is 2. The molecule has 37 heavy (non-hydrogen) atoms. The van der Waals surface area contributed by atoms with E-state index in [1.54, 1.807) is 6.26 Å². The first kappa shape index (κ1) is 33.6. The Bertz CT molecular complexity index is 857. The summed E-state index contributed by atoms with van der Waals surface area (Å²) >= 11 is 1.38. The fourth-order valence-electron chi connectivity index (χ4n) is 2.59. The maximum absolute atomic E-state index is 12.7. The molecule has 0 bridgehead atoms. The van der Waals surface area contributed by atoms with Crippen LogP contribution in [0.2, 0.25) is 0 Å². The number of nitrogens with one attached hydrogen (secondary N) is 5. The molecule has 210 valence electrons. The molecule has 0 aliphatic heterocycles. The number of aliphatic hydroxyl groups is 1. The number of amides is 5. The van der Waals surface area contributed by atoms with E-state index < -0.39 is 91.3 Å². The van der Waals surface area contributed by atoms with Gasteiger partial charge in [0.25, 0.3) is 0 Å². The van der Waals surface area contributed by atoms with Crippen molar-refractivity contribution in [2.24, 2.45) is 5.73 Å². The Balaban J connectivity index is 5.05. The molecule has 17 heteroatoms. The minimum absolute atomic E-state index is 0.152. The number of carbonyl (C=O) groups is 7. The van der Waals surface area contributed by atoms with Gasteiger partial charge in [-0.05, 0) is 32.3 Å². The molecule has 0 rings (SSSR count). The van der Waals surface area contributed by atoms with Gasteiger partial charge in [-0.1, -0.05) is 0 Å². The lowest BCUT2D eigenvalue weighted by Crippen LogP contribution is -2.57. The van der Waals surface area contributed by atoms with Crippen molar-refractivity contribution in [3.8, 4) is 0 Å². The van der Waals surface area contributed by atoms with Crippen LogP contribution in [0, 0.1) is 0 Å². The van der Waals surface area contributed by atoms with Gasteiger partial charge in [-0.25, -0.2) is 4.79 Å². The molecule has 5 atom stereocenters. The van der Waals surface area contributed by atoms with Gasteiger partial charge in [-0.3, -0.25) is 28.8 Å². The Morgan fingerprint density at radius 2 is 1.35 bits per heavy atom. The minimum Gasteiger partial charge on any atom is -0.481 e. The van der Waals surface area contributed by atoms with Crippen molar-refractivity contribution >= 4 is 53.2 Å². The maximum Gasteiger partial charge on any atom is 0.326 e. The first-order valence-electron chi connectivity index (χ1n) is 11.0. The van der Waals surface area contributed by atoms with Crippen LogP contribution in [0.5, 0.6) is 0 Å². The SMILES string of the molecule is CSCC[C@H](NC(=O)[C@H](C)NC(=O)CNC(=O)[C@@H](N)CO)C(=O)N[C@@H](C)C(=O)N[C@@H](CC(=O)O)C(=O)O. The first-order chi connectivity index (χ1) is 17.2. The van der Waals surface area contributed by atoms with E-state index in [1.165, 1.54) is 25.6 Å². The summed E-state index contributed by atoms with van der Waals surface area (Å²) in [4.78, 5) is 82.9. The number of carboxylic acid groups (broad SMARTS) is 2. The van der Waals surface area contributed by atoms with Crippen LogP contribution in [0.15, 0.2) is 0 Å². The molecule has 16 nitrogen and oxygen atoms in total. The summed E-state index contributed by atoms with van der Waals surface area (Å²) in [6.45, 7) is 1.46. The summed E-state index contributed by atoms with van der Waals surface area (Å²) in [7, 11) is 0. The third-order valence-corrected chi connectivity index (χ3v) is 5.36. The number of thioether (sulfide) groups is 1. The normalized spacial score (nSPS) is 14.6. The highest BCUT2D eigenvalue weighted by molar-refractivity contribution is 7.98. The van der Waals surface area contributed by atoms with Crippen molar-refractivity contribution in [1.82, 2.24) is 26.6 Å². The van der Waals surface area contributed by atoms with Crippen LogP contribution in [0.1, 0.15) is 26.7 Å². The number of hydrogen-bond donors (Lipinski definition) is 9. The highest BCUT2D eigenvalue weighted by Gasteiger charge is 2.29. The Kier molecular flexibility index (Phi) is 15.5. The summed E-state index contributed by atoms with van der Waals surface area (Å²) in [5, 5.41) is 38.0. The van der Waals surface area contributed by atoms with Gasteiger partial charge in [0.1, 0.15) is 30.2 Å². The fraction of sp³-hybridized carbons (Fsp3) is 0.650. The maximum atomic E-state index is 12.7. The van der Waals surface area contributed by atoms with Crippen molar-refractivity contribution in [3.63, 3.8) is 0 Å². The molecule has 0 aromatic heterocycles. The van der Waals surface area contributed by atoms with E-state index in [0.717, 1.165) is 0 Å². The van der Waals surface area contributed by atoms with E-state index in [-0.39, 0.29) is 6.42 Å². The number of hydrogen-bond acceptors (Lipinski definition) is 10. The minimum atomic E-state index is -1.70. The summed E-state index contributed by atoms with van der Waals surface area (Å²) < 4.78 is 0. The molecule has 0 fully saturated rings. The number of nitrogens with two attached hydrogens (primary N) is 1. The van der Waals surface area contributed by atoms with Crippen LogP contribution >= 0.6 is 11.8 Å². The van der Waals surface area contributed by atoms with E-state index in [9.17, 15) is 33.6 Å². The van der Waals surface area contributed by atoms with Gasteiger partial charge in [-0.2, -0.15) is 11.8 Å². The second-order valence-corrected chi connectivity index (χ2v) is 8.85. The average Bonchev–Trinajstić information content (AvgIpc) is 2.83. The van der Waals surface area contributed by atoms with E-state index >= 15 is 0 Å². The Labute approximate surface area is 216 Å². The summed E-state index contributed by atoms with van der Waals surface area (Å²) in [5.74, 6) is -6.51. The van der Waals surface area contributed by atoms with Crippen LogP contribution < -0.4 is 32.3 Å². The fourth-order valence-corrected chi connectivity index (χ4v) is 3.06. The molecule has 0 aliphatic rings. The van der Waals surface area contributed by atoms with Crippen molar-refractivity contribution in [2.45, 2.75) is 56.9 Å². The molecule has 5 amide bonds. The second kappa shape index (κ2) is 17.1. The molecule has 0 saturated carbocycles. The van der Waals surface area contributed by atoms with Gasteiger partial charge < -0.3 is 47.6 Å². The van der Waals surface area contributed by atoms with E-state index in [1.807, 2.05) is 5.32 Å². The van der Waals surface area contributed by atoms with Gasteiger partial charge in [0.15, 0.2) is 0 Å². The summed E-state index contributed by atoms with van der Waals surface area (Å²) in [5.41, 5.74) is 5.31. The number of carbonyl (C=O) groups excluding carboxylic acids is 5. The molecule has 0 aliphatic carbocycles. The van der Waals surface area contributed by atoms with E-state index in [2.05, 4.69) is 21.3 Å². The summed E-state index contributed by atoms with van der Waals surface area (Å²) in [6.07, 6.45) is 1.05. The number of aliphatic hydroxyl groups excluding tert-OH is 1. The monoisotopic (exact) mass is 550 g/mol. The molecule has 0 unspecified atom stereocenters. The predicted molar refractivity (Wildman–Crippen MR) is 130 cm³/mol. The Morgan fingerprint density at radius 3 is 1.84 bits per heavy atom. The highest BCUT2D eigenvalue weighted by Crippen LogP contribution is 2.03. The van der Waals surface area contributed by atoms with Gasteiger partial charge in [-0.15, -0.1) is 0 Å². The van der Waals surface area contributed by atoms with Gasteiger partial charge in [0.2, 0.25) is 29.5 Å². The topological polar surface area (TPSA) is 266 Å². The Hall–Kier alpha value is -3.44. The lowest BCUT2D eigenvalue weighted by molar-refractivity contribution is -0.147. The van der Waals surface area contributed by atoms with Gasteiger partial charge in [0, 0.05) is 0 Å². The third kappa shape index (κ3) is 13.4. The second-order valence-electron chi connectivity index (χ2n) is 7.87. The quantitative estimate of drug-likeness (QED) is 0.0833. The van der Waals surface area contributed by atoms with Crippen molar-refractivity contribution in [1.29, 1.82) is 0 Å². The lowest BCUT2D eigenvalue weighted by Gasteiger charge is -2.23.